The van der Waals surface area contributed by atoms with Gasteiger partial charge < -0.3 is 9.15 Å². The molecule has 0 saturated heterocycles. The standard InChI is InChI=1S/C13H14O3/c1-4-9-5-6-11(15-3)13-10(9)7-12(16-13)8(2)14/h5-7H,4H2,1-3H3. The molecule has 0 bridgehead atoms. The Hall–Kier alpha value is -1.77. The highest BCUT2D eigenvalue weighted by Gasteiger charge is 2.14. The van der Waals surface area contributed by atoms with E-state index in [1.54, 1.807) is 13.2 Å². The van der Waals surface area contributed by atoms with Gasteiger partial charge in [-0.2, -0.15) is 0 Å². The highest BCUT2D eigenvalue weighted by atomic mass is 16.5. The lowest BCUT2D eigenvalue weighted by molar-refractivity contribution is 0.0989. The minimum Gasteiger partial charge on any atom is -0.493 e. The second kappa shape index (κ2) is 4.00. The van der Waals surface area contributed by atoms with Crippen LogP contribution in [-0.2, 0) is 6.42 Å². The first-order chi connectivity index (χ1) is 7.67. The minimum absolute atomic E-state index is 0.0692. The lowest BCUT2D eigenvalue weighted by Crippen LogP contribution is -1.86. The number of rotatable bonds is 3. The third kappa shape index (κ3) is 1.58. The number of hydrogen-bond donors (Lipinski definition) is 0. The SMILES string of the molecule is CCc1ccc(OC)c2oc(C(C)=O)cc12. The van der Waals surface area contributed by atoms with Gasteiger partial charge in [0.05, 0.1) is 7.11 Å². The summed E-state index contributed by atoms with van der Waals surface area (Å²) in [5, 5.41) is 0.965. The third-order valence-electron chi connectivity index (χ3n) is 2.69. The molecule has 1 aromatic heterocycles. The molecule has 0 spiro atoms. The van der Waals surface area contributed by atoms with E-state index in [0.29, 0.717) is 17.1 Å². The molecule has 3 nitrogen and oxygen atoms in total. The van der Waals surface area contributed by atoms with Crippen molar-refractivity contribution in [3.8, 4) is 5.75 Å². The Balaban J connectivity index is 2.75. The molecule has 0 aliphatic carbocycles. The van der Waals surface area contributed by atoms with Gasteiger partial charge in [-0.25, -0.2) is 0 Å². The number of aryl methyl sites for hydroxylation is 1. The zero-order valence-electron chi connectivity index (χ0n) is 9.66. The molecule has 0 fully saturated rings. The molecule has 2 aromatic rings. The maximum atomic E-state index is 11.3. The molecule has 0 saturated carbocycles. The minimum atomic E-state index is -0.0692. The average molecular weight is 218 g/mol. The topological polar surface area (TPSA) is 39.4 Å². The van der Waals surface area contributed by atoms with Gasteiger partial charge in [0.2, 0.25) is 0 Å². The molecular weight excluding hydrogens is 204 g/mol. The molecule has 3 heteroatoms. The molecule has 0 aliphatic rings. The van der Waals surface area contributed by atoms with Gasteiger partial charge in [-0.3, -0.25) is 4.79 Å². The Labute approximate surface area is 94.0 Å². The summed E-state index contributed by atoms with van der Waals surface area (Å²) in [6, 6.07) is 5.66. The molecule has 1 aromatic carbocycles. The molecule has 1 heterocycles. The normalized spacial score (nSPS) is 10.7. The highest BCUT2D eigenvalue weighted by Crippen LogP contribution is 2.31. The summed E-state index contributed by atoms with van der Waals surface area (Å²) in [5.41, 5.74) is 1.82. The number of carbonyl (C=O) groups excluding carboxylic acids is 1. The predicted molar refractivity (Wildman–Crippen MR) is 62.1 cm³/mol. The maximum Gasteiger partial charge on any atom is 0.194 e. The van der Waals surface area contributed by atoms with Crippen molar-refractivity contribution in [3.63, 3.8) is 0 Å². The number of fused-ring (bicyclic) bond motifs is 1. The lowest BCUT2D eigenvalue weighted by Gasteiger charge is -2.03. The van der Waals surface area contributed by atoms with Gasteiger partial charge in [-0.05, 0) is 24.1 Å². The molecular formula is C13H14O3. The molecule has 0 aliphatic heterocycles. The van der Waals surface area contributed by atoms with Crippen molar-refractivity contribution in [2.45, 2.75) is 20.3 Å². The first kappa shape index (κ1) is 10.7. The van der Waals surface area contributed by atoms with Gasteiger partial charge in [0.25, 0.3) is 0 Å². The van der Waals surface area contributed by atoms with Gasteiger partial charge in [-0.15, -0.1) is 0 Å². The summed E-state index contributed by atoms with van der Waals surface area (Å²) in [6.07, 6.45) is 0.900. The lowest BCUT2D eigenvalue weighted by atomic mass is 10.1. The maximum absolute atomic E-state index is 11.3. The Kier molecular flexibility index (Phi) is 2.69. The summed E-state index contributed by atoms with van der Waals surface area (Å²) in [5.74, 6) is 0.981. The van der Waals surface area contributed by atoms with Gasteiger partial charge in [-0.1, -0.05) is 13.0 Å². The van der Waals surface area contributed by atoms with E-state index in [9.17, 15) is 4.79 Å². The van der Waals surface area contributed by atoms with Crippen LogP contribution in [0, 0.1) is 0 Å². The smallest absolute Gasteiger partial charge is 0.194 e. The first-order valence-corrected chi connectivity index (χ1v) is 5.27. The first-order valence-electron chi connectivity index (χ1n) is 5.27. The van der Waals surface area contributed by atoms with Gasteiger partial charge in [0.15, 0.2) is 22.9 Å². The fraction of sp³-hybridized carbons (Fsp3) is 0.308. The molecule has 16 heavy (non-hydrogen) atoms. The van der Waals surface area contributed by atoms with E-state index < -0.39 is 0 Å². The number of hydrogen-bond acceptors (Lipinski definition) is 3. The predicted octanol–water partition coefficient (Wildman–Crippen LogP) is 3.21. The van der Waals surface area contributed by atoms with Crippen molar-refractivity contribution >= 4 is 16.8 Å². The van der Waals surface area contributed by atoms with Crippen molar-refractivity contribution in [3.05, 3.63) is 29.5 Å². The number of furan rings is 1. The monoisotopic (exact) mass is 218 g/mol. The molecule has 0 unspecified atom stereocenters. The summed E-state index contributed by atoms with van der Waals surface area (Å²) in [6.45, 7) is 3.57. The number of ether oxygens (including phenoxy) is 1. The molecule has 0 N–H and O–H groups in total. The summed E-state index contributed by atoms with van der Waals surface area (Å²) in [7, 11) is 1.59. The Morgan fingerprint density at radius 3 is 2.75 bits per heavy atom. The quantitative estimate of drug-likeness (QED) is 0.742. The largest absolute Gasteiger partial charge is 0.493 e. The van der Waals surface area contributed by atoms with Gasteiger partial charge in [0.1, 0.15) is 0 Å². The number of Topliss-reactive ketones (excluding diaryl/α,β-unsaturated/α-hetero) is 1. The van der Waals surface area contributed by atoms with Crippen LogP contribution in [0.5, 0.6) is 5.75 Å². The van der Waals surface area contributed by atoms with E-state index in [4.69, 9.17) is 9.15 Å². The third-order valence-corrected chi connectivity index (χ3v) is 2.69. The van der Waals surface area contributed by atoms with Crippen LogP contribution in [0.1, 0.15) is 30.0 Å². The fourth-order valence-electron chi connectivity index (χ4n) is 1.80. The van der Waals surface area contributed by atoms with Crippen LogP contribution in [0.4, 0.5) is 0 Å². The van der Waals surface area contributed by atoms with E-state index in [2.05, 4.69) is 6.92 Å². The van der Waals surface area contributed by atoms with Gasteiger partial charge in [0, 0.05) is 12.3 Å². The summed E-state index contributed by atoms with van der Waals surface area (Å²) in [4.78, 5) is 11.3. The number of carbonyl (C=O) groups is 1. The van der Waals surface area contributed by atoms with Crippen LogP contribution in [0.15, 0.2) is 22.6 Å². The van der Waals surface area contributed by atoms with E-state index >= 15 is 0 Å². The summed E-state index contributed by atoms with van der Waals surface area (Å²) < 4.78 is 10.7. The van der Waals surface area contributed by atoms with Crippen LogP contribution in [0.2, 0.25) is 0 Å². The Morgan fingerprint density at radius 1 is 1.44 bits per heavy atom. The second-order valence-electron chi connectivity index (χ2n) is 3.69. The number of methoxy groups -OCH3 is 1. The van der Waals surface area contributed by atoms with Crippen LogP contribution in [0.3, 0.4) is 0 Å². The molecule has 84 valence electrons. The van der Waals surface area contributed by atoms with Crippen LogP contribution < -0.4 is 4.74 Å². The van der Waals surface area contributed by atoms with Crippen molar-refractivity contribution < 1.29 is 13.9 Å². The number of ketones is 1. The Bertz CT molecular complexity index is 496. The number of benzene rings is 1. The van der Waals surface area contributed by atoms with E-state index in [1.807, 2.05) is 12.1 Å². The zero-order chi connectivity index (χ0) is 11.7. The van der Waals surface area contributed by atoms with Crippen LogP contribution in [0.25, 0.3) is 11.0 Å². The zero-order valence-corrected chi connectivity index (χ0v) is 9.66. The molecule has 0 atom stereocenters. The molecule has 0 radical (unpaired) electrons. The van der Waals surface area contributed by atoms with E-state index in [1.165, 1.54) is 6.92 Å². The highest BCUT2D eigenvalue weighted by molar-refractivity contribution is 5.98. The van der Waals surface area contributed by atoms with Crippen LogP contribution >= 0.6 is 0 Å². The molecule has 0 amide bonds. The van der Waals surface area contributed by atoms with Crippen molar-refractivity contribution in [2.75, 3.05) is 7.11 Å². The van der Waals surface area contributed by atoms with Crippen molar-refractivity contribution in [1.29, 1.82) is 0 Å². The Morgan fingerprint density at radius 2 is 2.19 bits per heavy atom. The van der Waals surface area contributed by atoms with Gasteiger partial charge >= 0.3 is 0 Å². The average Bonchev–Trinajstić information content (AvgIpc) is 2.72. The van der Waals surface area contributed by atoms with Crippen LogP contribution in [-0.4, -0.2) is 12.9 Å². The van der Waals surface area contributed by atoms with Crippen molar-refractivity contribution in [2.24, 2.45) is 0 Å². The van der Waals surface area contributed by atoms with E-state index in [0.717, 1.165) is 17.4 Å². The fourth-order valence-corrected chi connectivity index (χ4v) is 1.80. The molecule has 2 rings (SSSR count). The van der Waals surface area contributed by atoms with Crippen molar-refractivity contribution in [1.82, 2.24) is 0 Å². The van der Waals surface area contributed by atoms with E-state index in [-0.39, 0.29) is 5.78 Å². The summed E-state index contributed by atoms with van der Waals surface area (Å²) >= 11 is 0. The second-order valence-corrected chi connectivity index (χ2v) is 3.69.